The fourth-order valence-electron chi connectivity index (χ4n) is 2.73. The lowest BCUT2D eigenvalue weighted by Crippen LogP contribution is -1.93. The normalized spacial score (nSPS) is 11.5. The van der Waals surface area contributed by atoms with Gasteiger partial charge in [-0.25, -0.2) is 9.97 Å². The van der Waals surface area contributed by atoms with E-state index in [0.29, 0.717) is 0 Å². The minimum atomic E-state index is 1.00. The van der Waals surface area contributed by atoms with Gasteiger partial charge in [0.15, 0.2) is 0 Å². The summed E-state index contributed by atoms with van der Waals surface area (Å²) in [5, 5.41) is 1.16. The smallest absolute Gasteiger partial charge is 0.140 e. The molecular weight excluding hydrogens is 248 g/mol. The highest BCUT2D eigenvalue weighted by Crippen LogP contribution is 2.28. The molecule has 1 aromatic carbocycles. The number of aryl methyl sites for hydroxylation is 2. The highest BCUT2D eigenvalue weighted by atomic mass is 15.0. The van der Waals surface area contributed by atoms with Crippen molar-refractivity contribution in [1.82, 2.24) is 19.1 Å². The molecule has 0 aliphatic heterocycles. The highest BCUT2D eigenvalue weighted by molar-refractivity contribution is 5.87. The Labute approximate surface area is 116 Å². The molecule has 0 atom stereocenters. The highest BCUT2D eigenvalue weighted by Gasteiger charge is 2.09. The maximum Gasteiger partial charge on any atom is 0.140 e. The molecule has 0 fully saturated rings. The Bertz CT molecular complexity index is 930. The Kier molecular flexibility index (Phi) is 2.21. The summed E-state index contributed by atoms with van der Waals surface area (Å²) in [6.07, 6.45) is 3.67. The number of nitrogens with zero attached hydrogens (tertiary/aromatic N) is 4. The summed E-state index contributed by atoms with van der Waals surface area (Å²) in [6, 6.07) is 12.6. The molecule has 4 rings (SSSR count). The number of hydrogen-bond donors (Lipinski definition) is 0. The minimum Gasteiger partial charge on any atom is -0.334 e. The van der Waals surface area contributed by atoms with Gasteiger partial charge in [-0.15, -0.1) is 0 Å². The number of fused-ring (bicyclic) bond motifs is 2. The van der Waals surface area contributed by atoms with E-state index < -0.39 is 0 Å². The van der Waals surface area contributed by atoms with Crippen molar-refractivity contribution in [2.24, 2.45) is 14.1 Å². The molecule has 4 heteroatoms. The quantitative estimate of drug-likeness (QED) is 0.528. The van der Waals surface area contributed by atoms with Gasteiger partial charge in [-0.05, 0) is 30.3 Å². The molecule has 4 nitrogen and oxygen atoms in total. The van der Waals surface area contributed by atoms with Crippen molar-refractivity contribution in [3.05, 3.63) is 48.9 Å². The van der Waals surface area contributed by atoms with Crippen molar-refractivity contribution >= 4 is 22.1 Å². The number of rotatable bonds is 1. The van der Waals surface area contributed by atoms with Crippen LogP contribution >= 0.6 is 0 Å². The second-order valence-corrected chi connectivity index (χ2v) is 5.06. The first-order valence-electron chi connectivity index (χ1n) is 6.56. The summed E-state index contributed by atoms with van der Waals surface area (Å²) >= 11 is 0. The molecule has 0 saturated heterocycles. The van der Waals surface area contributed by atoms with Crippen molar-refractivity contribution in [2.45, 2.75) is 0 Å². The monoisotopic (exact) mass is 262 g/mol. The zero-order chi connectivity index (χ0) is 13.7. The van der Waals surface area contributed by atoms with E-state index in [2.05, 4.69) is 44.9 Å². The Morgan fingerprint density at radius 2 is 1.90 bits per heavy atom. The molecule has 0 amide bonds. The second-order valence-electron chi connectivity index (χ2n) is 5.06. The first kappa shape index (κ1) is 11.2. The van der Waals surface area contributed by atoms with E-state index in [9.17, 15) is 0 Å². The molecule has 4 aromatic rings. The van der Waals surface area contributed by atoms with Crippen LogP contribution in [0.2, 0.25) is 0 Å². The lowest BCUT2D eigenvalue weighted by molar-refractivity contribution is 0.947. The third kappa shape index (κ3) is 1.48. The molecule has 0 radical (unpaired) electrons. The third-order valence-electron chi connectivity index (χ3n) is 3.81. The van der Waals surface area contributed by atoms with Crippen LogP contribution in [0.25, 0.3) is 33.3 Å². The maximum absolute atomic E-state index is 4.44. The molecule has 0 aliphatic carbocycles. The Morgan fingerprint density at radius 3 is 2.75 bits per heavy atom. The summed E-state index contributed by atoms with van der Waals surface area (Å²) in [5.74, 6) is 0. The summed E-state index contributed by atoms with van der Waals surface area (Å²) in [6.45, 7) is 0. The number of aromatic nitrogens is 4. The number of benzene rings is 1. The first-order valence-corrected chi connectivity index (χ1v) is 6.56. The summed E-state index contributed by atoms with van der Waals surface area (Å²) in [4.78, 5) is 8.86. The van der Waals surface area contributed by atoms with Gasteiger partial charge < -0.3 is 9.13 Å². The van der Waals surface area contributed by atoms with Crippen LogP contribution in [0, 0.1) is 0 Å². The number of pyridine rings is 1. The summed E-state index contributed by atoms with van der Waals surface area (Å²) in [5.41, 5.74) is 5.49. The molecule has 20 heavy (non-hydrogen) atoms. The molecule has 3 aromatic heterocycles. The van der Waals surface area contributed by atoms with Crippen LogP contribution in [0.15, 0.2) is 48.9 Å². The van der Waals surface area contributed by atoms with E-state index >= 15 is 0 Å². The van der Waals surface area contributed by atoms with Gasteiger partial charge in [-0.2, -0.15) is 0 Å². The van der Waals surface area contributed by atoms with Crippen LogP contribution < -0.4 is 0 Å². The maximum atomic E-state index is 4.44. The van der Waals surface area contributed by atoms with E-state index in [-0.39, 0.29) is 0 Å². The Morgan fingerprint density at radius 1 is 1.00 bits per heavy atom. The second kappa shape index (κ2) is 3.93. The van der Waals surface area contributed by atoms with Gasteiger partial charge in [0.05, 0.1) is 23.1 Å². The average molecular weight is 262 g/mol. The van der Waals surface area contributed by atoms with Gasteiger partial charge in [-0.1, -0.05) is 6.07 Å². The minimum absolute atomic E-state index is 1.00. The van der Waals surface area contributed by atoms with Crippen molar-refractivity contribution in [3.8, 4) is 11.3 Å². The fourth-order valence-corrected chi connectivity index (χ4v) is 2.73. The van der Waals surface area contributed by atoms with Gasteiger partial charge >= 0.3 is 0 Å². The zero-order valence-electron chi connectivity index (χ0n) is 11.4. The first-order chi connectivity index (χ1) is 9.74. The topological polar surface area (TPSA) is 35.6 Å². The van der Waals surface area contributed by atoms with Crippen LogP contribution in [0.4, 0.5) is 0 Å². The number of hydrogen-bond acceptors (Lipinski definition) is 2. The van der Waals surface area contributed by atoms with Crippen LogP contribution in [0.5, 0.6) is 0 Å². The van der Waals surface area contributed by atoms with E-state index in [1.165, 1.54) is 0 Å². The Hall–Kier alpha value is -2.62. The third-order valence-corrected chi connectivity index (χ3v) is 3.81. The number of imidazole rings is 1. The van der Waals surface area contributed by atoms with Crippen molar-refractivity contribution in [3.63, 3.8) is 0 Å². The molecule has 0 N–H and O–H groups in total. The summed E-state index contributed by atoms with van der Waals surface area (Å²) in [7, 11) is 4.06. The zero-order valence-corrected chi connectivity index (χ0v) is 11.4. The molecule has 0 spiro atoms. The lowest BCUT2D eigenvalue weighted by atomic mass is 10.1. The summed E-state index contributed by atoms with van der Waals surface area (Å²) < 4.78 is 4.15. The molecule has 3 heterocycles. The van der Waals surface area contributed by atoms with Crippen molar-refractivity contribution < 1.29 is 0 Å². The average Bonchev–Trinajstić information content (AvgIpc) is 3.01. The van der Waals surface area contributed by atoms with Crippen molar-refractivity contribution in [1.29, 1.82) is 0 Å². The van der Waals surface area contributed by atoms with E-state index in [4.69, 9.17) is 0 Å². The van der Waals surface area contributed by atoms with Gasteiger partial charge in [0.2, 0.25) is 0 Å². The van der Waals surface area contributed by atoms with E-state index in [1.54, 1.807) is 0 Å². The molecular formula is C16H14N4. The lowest BCUT2D eigenvalue weighted by Gasteiger charge is -2.04. The molecule has 0 aliphatic rings. The van der Waals surface area contributed by atoms with Crippen LogP contribution in [0.1, 0.15) is 0 Å². The van der Waals surface area contributed by atoms with Crippen molar-refractivity contribution in [2.75, 3.05) is 0 Å². The predicted molar refractivity (Wildman–Crippen MR) is 80.4 cm³/mol. The largest absolute Gasteiger partial charge is 0.334 e. The van der Waals surface area contributed by atoms with Crippen LogP contribution in [-0.4, -0.2) is 19.1 Å². The van der Waals surface area contributed by atoms with E-state index in [1.807, 2.05) is 37.3 Å². The fraction of sp³-hybridized carbons (Fsp3) is 0.125. The van der Waals surface area contributed by atoms with Gasteiger partial charge in [-0.3, -0.25) is 0 Å². The van der Waals surface area contributed by atoms with Gasteiger partial charge in [0.1, 0.15) is 5.65 Å². The molecule has 0 bridgehead atoms. The van der Waals surface area contributed by atoms with Gasteiger partial charge in [0, 0.05) is 31.2 Å². The predicted octanol–water partition coefficient (Wildman–Crippen LogP) is 3.13. The van der Waals surface area contributed by atoms with Gasteiger partial charge in [0.25, 0.3) is 0 Å². The standard InChI is InChI=1S/C16H14N4/c1-19-10-18-13-8-11(5-6-14(13)19)15-9-12-4-3-7-17-16(12)20(15)2/h3-10H,1-2H3. The Balaban J connectivity index is 1.98. The molecule has 0 unspecified atom stereocenters. The van der Waals surface area contributed by atoms with E-state index in [0.717, 1.165) is 33.3 Å². The SMILES string of the molecule is Cn1cnc2cc(-c3cc4cccnc4n3C)ccc21. The molecule has 98 valence electrons. The van der Waals surface area contributed by atoms with Crippen LogP contribution in [0.3, 0.4) is 0 Å². The molecule has 0 saturated carbocycles. The van der Waals surface area contributed by atoms with Crippen LogP contribution in [-0.2, 0) is 14.1 Å².